The molecule has 1 aromatic carbocycles. The van der Waals surface area contributed by atoms with Crippen molar-refractivity contribution in [1.82, 2.24) is 4.90 Å². The maximum absolute atomic E-state index is 12.0. The maximum atomic E-state index is 12.0. The summed E-state index contributed by atoms with van der Waals surface area (Å²) in [6.07, 6.45) is 5.76. The van der Waals surface area contributed by atoms with Crippen molar-refractivity contribution in [3.63, 3.8) is 0 Å². The summed E-state index contributed by atoms with van der Waals surface area (Å²) in [4.78, 5) is 29.4. The van der Waals surface area contributed by atoms with Crippen molar-refractivity contribution in [2.75, 3.05) is 25.0 Å². The van der Waals surface area contributed by atoms with E-state index in [1.54, 1.807) is 18.2 Å². The number of carbonyl (C=O) groups excluding carboxylic acids is 2. The molecule has 2 heterocycles. The molecule has 0 spiro atoms. The molecule has 5 heteroatoms. The number of rotatable bonds is 4. The first-order chi connectivity index (χ1) is 10.2. The third kappa shape index (κ3) is 3.55. The molecule has 0 radical (unpaired) electrons. The average molecular weight is 285 g/mol. The predicted octanol–water partition coefficient (Wildman–Crippen LogP) is 0.441. The van der Waals surface area contributed by atoms with E-state index in [-0.39, 0.29) is 11.8 Å². The van der Waals surface area contributed by atoms with Crippen LogP contribution in [0.2, 0.25) is 0 Å². The van der Waals surface area contributed by atoms with Crippen LogP contribution < -0.4 is 15.9 Å². The van der Waals surface area contributed by atoms with Crippen LogP contribution in [-0.4, -0.2) is 36.3 Å². The van der Waals surface area contributed by atoms with Crippen molar-refractivity contribution in [2.24, 2.45) is 4.99 Å². The number of nitrogens with one attached hydrogen (secondary N) is 1. The number of hydrogen-bond donors (Lipinski definition) is 1. The third-order valence-corrected chi connectivity index (χ3v) is 3.92. The molecule has 0 atom stereocenters. The molecule has 1 fully saturated rings. The molecule has 3 rings (SSSR count). The van der Waals surface area contributed by atoms with Crippen LogP contribution in [0, 0.1) is 0 Å². The van der Waals surface area contributed by atoms with Crippen LogP contribution in [0.3, 0.4) is 0 Å². The normalized spacial score (nSPS) is 17.8. The molecule has 1 saturated heterocycles. The average Bonchev–Trinajstić information content (AvgIpc) is 2.85. The van der Waals surface area contributed by atoms with Gasteiger partial charge >= 0.3 is 0 Å². The van der Waals surface area contributed by atoms with E-state index in [1.807, 2.05) is 0 Å². The lowest BCUT2D eigenvalue weighted by molar-refractivity contribution is -0.116. The van der Waals surface area contributed by atoms with Crippen LogP contribution in [0.1, 0.15) is 25.7 Å². The Bertz CT molecular complexity index is 675. The van der Waals surface area contributed by atoms with Gasteiger partial charge in [0.05, 0.1) is 5.36 Å². The molecular weight excluding hydrogens is 266 g/mol. The van der Waals surface area contributed by atoms with Crippen molar-refractivity contribution >= 4 is 23.6 Å². The van der Waals surface area contributed by atoms with Gasteiger partial charge in [-0.3, -0.25) is 9.59 Å². The van der Waals surface area contributed by atoms with E-state index in [0.717, 1.165) is 30.5 Å². The maximum Gasteiger partial charge on any atom is 0.270 e. The van der Waals surface area contributed by atoms with E-state index in [0.29, 0.717) is 11.8 Å². The quantitative estimate of drug-likeness (QED) is 0.873. The Morgan fingerprint density at radius 1 is 1.24 bits per heavy atom. The Kier molecular flexibility index (Phi) is 4.10. The highest BCUT2D eigenvalue weighted by atomic mass is 16.2. The van der Waals surface area contributed by atoms with Gasteiger partial charge in [0.1, 0.15) is 0 Å². The van der Waals surface area contributed by atoms with E-state index in [2.05, 4.69) is 15.2 Å². The van der Waals surface area contributed by atoms with Crippen LogP contribution in [0.15, 0.2) is 23.2 Å². The fraction of sp³-hybridized carbons (Fsp3) is 0.438. The van der Waals surface area contributed by atoms with Crippen LogP contribution in [0.4, 0.5) is 5.69 Å². The topological polar surface area (TPSA) is 61.8 Å². The molecule has 5 nitrogen and oxygen atoms in total. The lowest BCUT2D eigenvalue weighted by Crippen LogP contribution is -2.32. The molecule has 0 unspecified atom stereocenters. The number of benzene rings is 1. The monoisotopic (exact) mass is 285 g/mol. The van der Waals surface area contributed by atoms with E-state index in [1.165, 1.54) is 25.3 Å². The van der Waals surface area contributed by atoms with Crippen molar-refractivity contribution in [2.45, 2.75) is 25.7 Å². The van der Waals surface area contributed by atoms with Crippen LogP contribution in [0.5, 0.6) is 0 Å². The van der Waals surface area contributed by atoms with E-state index in [4.69, 9.17) is 0 Å². The van der Waals surface area contributed by atoms with Crippen molar-refractivity contribution in [3.05, 3.63) is 28.8 Å². The van der Waals surface area contributed by atoms with Crippen LogP contribution in [0.25, 0.3) is 6.08 Å². The number of carbonyl (C=O) groups is 2. The molecule has 2 aliphatic heterocycles. The fourth-order valence-electron chi connectivity index (χ4n) is 2.80. The summed E-state index contributed by atoms with van der Waals surface area (Å²) in [5.74, 6) is -0.222. The van der Waals surface area contributed by atoms with Crippen molar-refractivity contribution < 1.29 is 9.59 Å². The first kappa shape index (κ1) is 13.9. The van der Waals surface area contributed by atoms with Crippen LogP contribution in [-0.2, 0) is 9.59 Å². The molecule has 1 aromatic rings. The summed E-state index contributed by atoms with van der Waals surface area (Å²) in [6, 6.07) is 5.34. The smallest absolute Gasteiger partial charge is 0.270 e. The minimum atomic E-state index is -0.237. The second-order valence-electron chi connectivity index (χ2n) is 5.57. The third-order valence-electron chi connectivity index (χ3n) is 3.92. The molecule has 0 saturated carbocycles. The largest absolute Gasteiger partial charge is 0.326 e. The summed E-state index contributed by atoms with van der Waals surface area (Å²) in [6.45, 7) is 3.02. The molecule has 1 N–H and O–H groups in total. The first-order valence-corrected chi connectivity index (χ1v) is 7.47. The second-order valence-corrected chi connectivity index (χ2v) is 5.57. The molecule has 2 amide bonds. The summed E-state index contributed by atoms with van der Waals surface area (Å²) in [5.41, 5.74) is 0.721. The Morgan fingerprint density at radius 2 is 2.05 bits per heavy atom. The van der Waals surface area contributed by atoms with Gasteiger partial charge in [0, 0.05) is 29.9 Å². The summed E-state index contributed by atoms with van der Waals surface area (Å²) < 4.78 is 0. The molecule has 2 aliphatic rings. The molecule has 0 aromatic heterocycles. The fourth-order valence-corrected chi connectivity index (χ4v) is 2.80. The number of likely N-dealkylation sites (tertiary alicyclic amines) is 1. The van der Waals surface area contributed by atoms with Gasteiger partial charge in [0.25, 0.3) is 5.91 Å². The predicted molar refractivity (Wildman–Crippen MR) is 80.2 cm³/mol. The number of nitrogens with zero attached hydrogens (tertiary/aromatic N) is 2. The zero-order valence-electron chi connectivity index (χ0n) is 12.0. The Balaban J connectivity index is 1.56. The number of piperidine rings is 1. The standard InChI is InChI=1S/C16H19N3O2/c20-15(6-9-19-7-2-1-3-8-19)17-13-4-5-14-12(10-13)11-16(21)18-14/h4-5,10-11H,1-3,6-9H2,(H,17,20). The molecule has 21 heavy (non-hydrogen) atoms. The number of anilines is 1. The lowest BCUT2D eigenvalue weighted by Gasteiger charge is -2.25. The second kappa shape index (κ2) is 6.18. The van der Waals surface area contributed by atoms with Crippen molar-refractivity contribution in [3.8, 4) is 0 Å². The zero-order valence-corrected chi connectivity index (χ0v) is 12.0. The van der Waals surface area contributed by atoms with Gasteiger partial charge in [-0.1, -0.05) is 6.42 Å². The van der Waals surface area contributed by atoms with E-state index in [9.17, 15) is 9.59 Å². The van der Waals surface area contributed by atoms with Crippen molar-refractivity contribution in [1.29, 1.82) is 0 Å². The summed E-state index contributed by atoms with van der Waals surface area (Å²) >= 11 is 0. The van der Waals surface area contributed by atoms with Crippen LogP contribution >= 0.6 is 0 Å². The summed E-state index contributed by atoms with van der Waals surface area (Å²) in [5, 5.41) is 4.33. The van der Waals surface area contributed by atoms with Gasteiger partial charge < -0.3 is 10.2 Å². The Labute approximate surface area is 123 Å². The molecule has 0 bridgehead atoms. The van der Waals surface area contributed by atoms with Gasteiger partial charge in [-0.25, -0.2) is 4.99 Å². The summed E-state index contributed by atoms with van der Waals surface area (Å²) in [7, 11) is 0. The molecule has 110 valence electrons. The van der Waals surface area contributed by atoms with Gasteiger partial charge in [-0.05, 0) is 44.1 Å². The van der Waals surface area contributed by atoms with E-state index < -0.39 is 0 Å². The van der Waals surface area contributed by atoms with Gasteiger partial charge in [0.2, 0.25) is 5.91 Å². The Morgan fingerprint density at radius 3 is 2.86 bits per heavy atom. The molecule has 0 aliphatic carbocycles. The lowest BCUT2D eigenvalue weighted by atomic mass is 10.1. The SMILES string of the molecule is O=C1C=c2cc(NC(=O)CCN3CCCCC3)ccc2=N1. The Hall–Kier alpha value is -2.01. The first-order valence-electron chi connectivity index (χ1n) is 7.47. The minimum Gasteiger partial charge on any atom is -0.326 e. The van der Waals surface area contributed by atoms with Gasteiger partial charge in [0.15, 0.2) is 0 Å². The molecular formula is C16H19N3O2. The highest BCUT2D eigenvalue weighted by Crippen LogP contribution is 2.09. The highest BCUT2D eigenvalue weighted by Gasteiger charge is 2.12. The number of hydrogen-bond acceptors (Lipinski definition) is 3. The van der Waals surface area contributed by atoms with Gasteiger partial charge in [-0.2, -0.15) is 0 Å². The van der Waals surface area contributed by atoms with E-state index >= 15 is 0 Å². The number of fused-ring (bicyclic) bond motifs is 1. The zero-order chi connectivity index (χ0) is 14.7. The number of amides is 2. The highest BCUT2D eigenvalue weighted by molar-refractivity contribution is 6.06. The minimum absolute atomic E-state index is 0.0155. The van der Waals surface area contributed by atoms with Gasteiger partial charge in [-0.15, -0.1) is 0 Å².